The van der Waals surface area contributed by atoms with Crippen molar-refractivity contribution in [2.75, 3.05) is 0 Å². The summed E-state index contributed by atoms with van der Waals surface area (Å²) >= 11 is 3.16. The second-order valence-corrected chi connectivity index (χ2v) is 7.00. The molecule has 4 rings (SSSR count). The molecule has 0 bridgehead atoms. The average Bonchev–Trinajstić information content (AvgIpc) is 3.21. The van der Waals surface area contributed by atoms with Crippen LogP contribution in [0.2, 0.25) is 0 Å². The first-order valence-corrected chi connectivity index (χ1v) is 8.90. The lowest BCUT2D eigenvalue weighted by molar-refractivity contribution is 0.103. The van der Waals surface area contributed by atoms with Crippen molar-refractivity contribution in [3.8, 4) is 10.6 Å². The van der Waals surface area contributed by atoms with Gasteiger partial charge in [-0.15, -0.1) is 11.3 Å². The van der Waals surface area contributed by atoms with Crippen LogP contribution >= 0.6 is 22.7 Å². The van der Waals surface area contributed by atoms with E-state index in [1.807, 2.05) is 47.9 Å². The van der Waals surface area contributed by atoms with Gasteiger partial charge in [0, 0.05) is 11.1 Å². The number of benzene rings is 1. The number of allylic oxidation sites excluding steroid dienone is 1. The molecule has 2 nitrogen and oxygen atoms in total. The van der Waals surface area contributed by atoms with E-state index in [2.05, 4.69) is 10.4 Å². The summed E-state index contributed by atoms with van der Waals surface area (Å²) in [5, 5.41) is 5.04. The predicted octanol–water partition coefficient (Wildman–Crippen LogP) is 5.08. The molecule has 3 aromatic rings. The third-order valence-corrected chi connectivity index (χ3v) is 5.58. The van der Waals surface area contributed by atoms with Crippen molar-refractivity contribution in [3.63, 3.8) is 0 Å². The van der Waals surface area contributed by atoms with E-state index in [0.717, 1.165) is 45.1 Å². The molecule has 2 aromatic heterocycles. The molecule has 0 spiro atoms. The SMILES string of the molecule is O=C1C(=Cc2ccsc2)CCc2nc(-c3ccccc3)sc21. The van der Waals surface area contributed by atoms with Crippen molar-refractivity contribution in [1.29, 1.82) is 0 Å². The number of nitrogens with zero attached hydrogens (tertiary/aromatic N) is 1. The molecule has 0 unspecified atom stereocenters. The number of ketones is 1. The van der Waals surface area contributed by atoms with Gasteiger partial charge < -0.3 is 0 Å². The normalized spacial score (nSPS) is 16.0. The Morgan fingerprint density at radius 1 is 1.09 bits per heavy atom. The van der Waals surface area contributed by atoms with Gasteiger partial charge in [0.05, 0.1) is 10.6 Å². The van der Waals surface area contributed by atoms with Crippen molar-refractivity contribution in [3.05, 3.63) is 68.9 Å². The zero-order valence-electron chi connectivity index (χ0n) is 11.8. The van der Waals surface area contributed by atoms with Crippen LogP contribution in [0.15, 0.2) is 52.7 Å². The minimum absolute atomic E-state index is 0.145. The molecule has 0 atom stereocenters. The molecule has 1 aliphatic rings. The smallest absolute Gasteiger partial charge is 0.200 e. The topological polar surface area (TPSA) is 30.0 Å². The minimum atomic E-state index is 0.145. The third-order valence-electron chi connectivity index (χ3n) is 3.73. The Bertz CT molecular complexity index is 845. The highest BCUT2D eigenvalue weighted by molar-refractivity contribution is 7.17. The van der Waals surface area contributed by atoms with Crippen LogP contribution in [0, 0.1) is 0 Å². The van der Waals surface area contributed by atoms with Crippen LogP contribution in [-0.2, 0) is 6.42 Å². The fraction of sp³-hybridized carbons (Fsp3) is 0.111. The lowest BCUT2D eigenvalue weighted by Crippen LogP contribution is -2.11. The van der Waals surface area contributed by atoms with Gasteiger partial charge in [-0.25, -0.2) is 4.98 Å². The molecule has 2 heterocycles. The molecule has 22 heavy (non-hydrogen) atoms. The van der Waals surface area contributed by atoms with Gasteiger partial charge in [0.1, 0.15) is 5.01 Å². The van der Waals surface area contributed by atoms with E-state index >= 15 is 0 Å². The minimum Gasteiger partial charge on any atom is -0.288 e. The van der Waals surface area contributed by atoms with Crippen LogP contribution < -0.4 is 0 Å². The molecule has 0 saturated carbocycles. The van der Waals surface area contributed by atoms with Crippen LogP contribution in [0.3, 0.4) is 0 Å². The van der Waals surface area contributed by atoms with Gasteiger partial charge in [-0.2, -0.15) is 11.3 Å². The van der Waals surface area contributed by atoms with Crippen LogP contribution in [-0.4, -0.2) is 10.8 Å². The molecule has 0 amide bonds. The number of rotatable bonds is 2. The number of hydrogen-bond donors (Lipinski definition) is 0. The first-order chi connectivity index (χ1) is 10.8. The molecule has 1 aromatic carbocycles. The Kier molecular flexibility index (Phi) is 3.48. The van der Waals surface area contributed by atoms with Gasteiger partial charge in [-0.1, -0.05) is 30.3 Å². The summed E-state index contributed by atoms with van der Waals surface area (Å²) in [5.74, 6) is 0.145. The standard InChI is InChI=1S/C18H13NOS2/c20-16-14(10-12-8-9-21-11-12)6-7-15-17(16)22-18(19-15)13-4-2-1-3-5-13/h1-5,8-11H,6-7H2. The van der Waals surface area contributed by atoms with Crippen LogP contribution in [0.1, 0.15) is 27.3 Å². The van der Waals surface area contributed by atoms with Crippen molar-refractivity contribution in [2.24, 2.45) is 0 Å². The number of hydrogen-bond acceptors (Lipinski definition) is 4. The average molecular weight is 323 g/mol. The largest absolute Gasteiger partial charge is 0.288 e. The summed E-state index contributed by atoms with van der Waals surface area (Å²) in [6.45, 7) is 0. The molecular formula is C18H13NOS2. The Balaban J connectivity index is 1.71. The van der Waals surface area contributed by atoms with E-state index in [9.17, 15) is 4.79 Å². The molecule has 108 valence electrons. The summed E-state index contributed by atoms with van der Waals surface area (Å²) < 4.78 is 0. The highest BCUT2D eigenvalue weighted by Gasteiger charge is 2.26. The number of aromatic nitrogens is 1. The number of aryl methyl sites for hydroxylation is 1. The van der Waals surface area contributed by atoms with Gasteiger partial charge in [-0.3, -0.25) is 4.79 Å². The molecule has 0 N–H and O–H groups in total. The third kappa shape index (κ3) is 2.45. The number of fused-ring (bicyclic) bond motifs is 1. The second kappa shape index (κ2) is 5.63. The summed E-state index contributed by atoms with van der Waals surface area (Å²) in [7, 11) is 0. The Morgan fingerprint density at radius 2 is 1.95 bits per heavy atom. The first kappa shape index (κ1) is 13.6. The van der Waals surface area contributed by atoms with Gasteiger partial charge in [0.15, 0.2) is 0 Å². The quantitative estimate of drug-likeness (QED) is 0.615. The maximum Gasteiger partial charge on any atom is 0.200 e. The van der Waals surface area contributed by atoms with E-state index in [4.69, 9.17) is 0 Å². The monoisotopic (exact) mass is 323 g/mol. The Hall–Kier alpha value is -2.04. The molecular weight excluding hydrogens is 310 g/mol. The lowest BCUT2D eigenvalue weighted by atomic mass is 9.94. The first-order valence-electron chi connectivity index (χ1n) is 7.14. The molecule has 1 aliphatic carbocycles. The predicted molar refractivity (Wildman–Crippen MR) is 92.5 cm³/mol. The number of thiazole rings is 1. The number of Topliss-reactive ketones (excluding diaryl/α,β-unsaturated/α-hetero) is 1. The number of thiophene rings is 1. The summed E-state index contributed by atoms with van der Waals surface area (Å²) in [4.78, 5) is 18.2. The molecule has 0 saturated heterocycles. The molecule has 0 fully saturated rings. The summed E-state index contributed by atoms with van der Waals surface area (Å²) in [6, 6.07) is 12.1. The Morgan fingerprint density at radius 3 is 2.73 bits per heavy atom. The summed E-state index contributed by atoms with van der Waals surface area (Å²) in [5.41, 5.74) is 4.05. The fourth-order valence-corrected chi connectivity index (χ4v) is 4.32. The van der Waals surface area contributed by atoms with Crippen molar-refractivity contribution >= 4 is 34.5 Å². The van der Waals surface area contributed by atoms with Crippen molar-refractivity contribution < 1.29 is 4.79 Å². The van der Waals surface area contributed by atoms with Crippen LogP contribution in [0.25, 0.3) is 16.6 Å². The fourth-order valence-electron chi connectivity index (χ4n) is 2.61. The lowest BCUT2D eigenvalue weighted by Gasteiger charge is -2.11. The van der Waals surface area contributed by atoms with Crippen molar-refractivity contribution in [2.45, 2.75) is 12.8 Å². The second-order valence-electron chi connectivity index (χ2n) is 5.22. The molecule has 0 radical (unpaired) electrons. The van der Waals surface area contributed by atoms with E-state index < -0.39 is 0 Å². The van der Waals surface area contributed by atoms with Crippen LogP contribution in [0.5, 0.6) is 0 Å². The zero-order valence-corrected chi connectivity index (χ0v) is 13.4. The van der Waals surface area contributed by atoms with Crippen LogP contribution in [0.4, 0.5) is 0 Å². The summed E-state index contributed by atoms with van der Waals surface area (Å²) in [6.07, 6.45) is 3.64. The van der Waals surface area contributed by atoms with Gasteiger partial charge in [-0.05, 0) is 41.3 Å². The highest BCUT2D eigenvalue weighted by Crippen LogP contribution is 2.35. The van der Waals surface area contributed by atoms with Gasteiger partial charge >= 0.3 is 0 Å². The van der Waals surface area contributed by atoms with E-state index in [-0.39, 0.29) is 5.78 Å². The van der Waals surface area contributed by atoms with Gasteiger partial charge in [0.2, 0.25) is 5.78 Å². The molecule has 4 heteroatoms. The zero-order chi connectivity index (χ0) is 14.9. The number of carbonyl (C=O) groups is 1. The Labute approximate surface area is 136 Å². The van der Waals surface area contributed by atoms with E-state index in [0.29, 0.717) is 0 Å². The highest BCUT2D eigenvalue weighted by atomic mass is 32.1. The molecule has 0 aliphatic heterocycles. The maximum absolute atomic E-state index is 12.7. The van der Waals surface area contributed by atoms with E-state index in [1.54, 1.807) is 11.3 Å². The number of carbonyl (C=O) groups excluding carboxylic acids is 1. The maximum atomic E-state index is 12.7. The van der Waals surface area contributed by atoms with Gasteiger partial charge in [0.25, 0.3) is 0 Å². The van der Waals surface area contributed by atoms with Crippen molar-refractivity contribution in [1.82, 2.24) is 4.98 Å². The van der Waals surface area contributed by atoms with E-state index in [1.165, 1.54) is 11.3 Å².